The van der Waals surface area contributed by atoms with E-state index in [-0.39, 0.29) is 11.9 Å². The number of alkyl halides is 1. The first kappa shape index (κ1) is 13.3. The molecule has 1 amide bonds. The van der Waals surface area contributed by atoms with Crippen LogP contribution in [0.4, 0.5) is 0 Å². The van der Waals surface area contributed by atoms with E-state index in [1.54, 1.807) is 7.11 Å². The summed E-state index contributed by atoms with van der Waals surface area (Å²) in [5, 5.41) is 6.66. The SMILES string of the molecule is CCc1nnsc1C(=O)NC(CCl)COC. The first-order valence-corrected chi connectivity index (χ1v) is 6.20. The Morgan fingerprint density at radius 3 is 3.00 bits per heavy atom. The van der Waals surface area contributed by atoms with Crippen molar-refractivity contribution in [3.05, 3.63) is 10.6 Å². The minimum Gasteiger partial charge on any atom is -0.383 e. The van der Waals surface area contributed by atoms with Gasteiger partial charge in [-0.1, -0.05) is 11.4 Å². The van der Waals surface area contributed by atoms with Crippen molar-refractivity contribution in [2.24, 2.45) is 0 Å². The maximum Gasteiger partial charge on any atom is 0.265 e. The van der Waals surface area contributed by atoms with Gasteiger partial charge >= 0.3 is 0 Å². The average molecular weight is 264 g/mol. The number of hydrogen-bond donors (Lipinski definition) is 1. The fourth-order valence-corrected chi connectivity index (χ4v) is 2.01. The van der Waals surface area contributed by atoms with Crippen molar-refractivity contribution in [2.75, 3.05) is 19.6 Å². The molecule has 0 fully saturated rings. The summed E-state index contributed by atoms with van der Waals surface area (Å²) in [6.07, 6.45) is 0.690. The second-order valence-corrected chi connectivity index (χ2v) is 4.25. The average Bonchev–Trinajstić information content (AvgIpc) is 2.76. The highest BCUT2D eigenvalue weighted by molar-refractivity contribution is 7.08. The molecule has 1 aromatic rings. The van der Waals surface area contributed by atoms with E-state index in [4.69, 9.17) is 16.3 Å². The lowest BCUT2D eigenvalue weighted by molar-refractivity contribution is 0.0910. The van der Waals surface area contributed by atoms with Crippen LogP contribution in [0.3, 0.4) is 0 Å². The van der Waals surface area contributed by atoms with Gasteiger partial charge in [-0.15, -0.1) is 16.7 Å². The highest BCUT2D eigenvalue weighted by atomic mass is 35.5. The highest BCUT2D eigenvalue weighted by Crippen LogP contribution is 2.11. The molecule has 1 atom stereocenters. The Labute approximate surface area is 103 Å². The zero-order chi connectivity index (χ0) is 12.0. The largest absolute Gasteiger partial charge is 0.383 e. The molecule has 1 rings (SSSR count). The molecule has 1 N–H and O–H groups in total. The third kappa shape index (κ3) is 3.40. The van der Waals surface area contributed by atoms with Crippen LogP contribution in [-0.2, 0) is 11.2 Å². The van der Waals surface area contributed by atoms with Crippen LogP contribution in [0, 0.1) is 0 Å². The van der Waals surface area contributed by atoms with Crippen LogP contribution >= 0.6 is 23.1 Å². The van der Waals surface area contributed by atoms with Gasteiger partial charge in [0, 0.05) is 13.0 Å². The number of halogens is 1. The molecular formula is C9H14ClN3O2S. The molecule has 90 valence electrons. The standard InChI is InChI=1S/C9H14ClN3O2S/c1-3-7-8(16-13-12-7)9(14)11-6(4-10)5-15-2/h6H,3-5H2,1-2H3,(H,11,14). The van der Waals surface area contributed by atoms with Crippen LogP contribution in [0.25, 0.3) is 0 Å². The van der Waals surface area contributed by atoms with Crippen LogP contribution in [0.5, 0.6) is 0 Å². The second kappa shape index (κ2) is 6.78. The Morgan fingerprint density at radius 1 is 1.69 bits per heavy atom. The third-order valence-corrected chi connectivity index (χ3v) is 3.13. The maximum absolute atomic E-state index is 11.8. The summed E-state index contributed by atoms with van der Waals surface area (Å²) in [6.45, 7) is 2.32. The number of carbonyl (C=O) groups excluding carboxylic acids is 1. The summed E-state index contributed by atoms with van der Waals surface area (Å²) < 4.78 is 8.70. The normalized spacial score (nSPS) is 12.4. The summed E-state index contributed by atoms with van der Waals surface area (Å²) in [6, 6.07) is -0.189. The van der Waals surface area contributed by atoms with E-state index >= 15 is 0 Å². The molecule has 0 radical (unpaired) electrons. The Hall–Kier alpha value is -0.720. The summed E-state index contributed by atoms with van der Waals surface area (Å²) in [4.78, 5) is 12.4. The Balaban J connectivity index is 2.64. The summed E-state index contributed by atoms with van der Waals surface area (Å²) in [5.74, 6) is 0.127. The Morgan fingerprint density at radius 2 is 2.44 bits per heavy atom. The van der Waals surface area contributed by atoms with Crippen molar-refractivity contribution in [2.45, 2.75) is 19.4 Å². The molecule has 16 heavy (non-hydrogen) atoms. The van der Waals surface area contributed by atoms with Crippen molar-refractivity contribution < 1.29 is 9.53 Å². The van der Waals surface area contributed by atoms with Crippen LogP contribution in [0.1, 0.15) is 22.3 Å². The monoisotopic (exact) mass is 263 g/mol. The topological polar surface area (TPSA) is 64.1 Å². The molecule has 0 aromatic carbocycles. The quantitative estimate of drug-likeness (QED) is 0.781. The first-order valence-electron chi connectivity index (χ1n) is 4.89. The maximum atomic E-state index is 11.8. The molecule has 0 aliphatic rings. The Kier molecular flexibility index (Phi) is 5.65. The van der Waals surface area contributed by atoms with Gasteiger partial charge in [0.1, 0.15) is 4.88 Å². The Bertz CT molecular complexity index is 345. The van der Waals surface area contributed by atoms with Crippen molar-refractivity contribution in [1.29, 1.82) is 0 Å². The summed E-state index contributed by atoms with van der Waals surface area (Å²) in [7, 11) is 1.57. The molecule has 1 aromatic heterocycles. The van der Waals surface area contributed by atoms with Crippen molar-refractivity contribution in [3.8, 4) is 0 Å². The van der Waals surface area contributed by atoms with E-state index in [0.29, 0.717) is 29.5 Å². The molecule has 0 spiro atoms. The molecule has 0 bridgehead atoms. The molecule has 0 saturated carbocycles. The fraction of sp³-hybridized carbons (Fsp3) is 0.667. The van der Waals surface area contributed by atoms with Crippen molar-refractivity contribution >= 4 is 29.0 Å². The van der Waals surface area contributed by atoms with Gasteiger partial charge in [-0.3, -0.25) is 4.79 Å². The van der Waals surface area contributed by atoms with Gasteiger partial charge in [-0.05, 0) is 18.0 Å². The van der Waals surface area contributed by atoms with Crippen LogP contribution in [0.2, 0.25) is 0 Å². The molecule has 0 saturated heterocycles. The van der Waals surface area contributed by atoms with Crippen molar-refractivity contribution in [3.63, 3.8) is 0 Å². The van der Waals surface area contributed by atoms with Crippen molar-refractivity contribution in [1.82, 2.24) is 14.9 Å². The first-order chi connectivity index (χ1) is 7.72. The molecule has 1 unspecified atom stereocenters. The van der Waals surface area contributed by atoms with E-state index in [1.165, 1.54) is 0 Å². The minimum atomic E-state index is -0.189. The van der Waals surface area contributed by atoms with Gasteiger partial charge in [0.15, 0.2) is 0 Å². The smallest absolute Gasteiger partial charge is 0.265 e. The van der Waals surface area contributed by atoms with E-state index in [1.807, 2.05) is 6.92 Å². The van der Waals surface area contributed by atoms with E-state index in [9.17, 15) is 4.79 Å². The van der Waals surface area contributed by atoms with Gasteiger partial charge in [0.2, 0.25) is 0 Å². The zero-order valence-electron chi connectivity index (χ0n) is 9.20. The lowest BCUT2D eigenvalue weighted by atomic mass is 10.2. The van der Waals surface area contributed by atoms with E-state index in [0.717, 1.165) is 11.5 Å². The highest BCUT2D eigenvalue weighted by Gasteiger charge is 2.18. The van der Waals surface area contributed by atoms with Gasteiger partial charge in [0.05, 0.1) is 18.3 Å². The van der Waals surface area contributed by atoms with Crippen LogP contribution in [-0.4, -0.2) is 41.1 Å². The number of nitrogens with one attached hydrogen (secondary N) is 1. The predicted molar refractivity (Wildman–Crippen MR) is 63.1 cm³/mol. The number of ether oxygens (including phenoxy) is 1. The molecule has 0 aliphatic heterocycles. The molecular weight excluding hydrogens is 250 g/mol. The van der Waals surface area contributed by atoms with Crippen LogP contribution in [0.15, 0.2) is 0 Å². The molecule has 0 aliphatic carbocycles. The number of aryl methyl sites for hydroxylation is 1. The van der Waals surface area contributed by atoms with Gasteiger partial charge in [0.25, 0.3) is 5.91 Å². The lowest BCUT2D eigenvalue weighted by Crippen LogP contribution is -2.39. The van der Waals surface area contributed by atoms with Gasteiger partial charge in [-0.2, -0.15) is 0 Å². The molecule has 5 nitrogen and oxygen atoms in total. The van der Waals surface area contributed by atoms with Crippen LogP contribution < -0.4 is 5.32 Å². The second-order valence-electron chi connectivity index (χ2n) is 3.18. The third-order valence-electron chi connectivity index (χ3n) is 1.99. The molecule has 7 heteroatoms. The molecule has 1 heterocycles. The summed E-state index contributed by atoms with van der Waals surface area (Å²) in [5.41, 5.74) is 0.716. The number of aromatic nitrogens is 2. The number of nitrogens with zero attached hydrogens (tertiary/aromatic N) is 2. The van der Waals surface area contributed by atoms with Gasteiger partial charge in [-0.25, -0.2) is 0 Å². The number of methoxy groups -OCH3 is 1. The van der Waals surface area contributed by atoms with E-state index < -0.39 is 0 Å². The number of hydrogen-bond acceptors (Lipinski definition) is 5. The lowest BCUT2D eigenvalue weighted by Gasteiger charge is -2.14. The van der Waals surface area contributed by atoms with E-state index in [2.05, 4.69) is 14.9 Å². The number of rotatable bonds is 6. The number of amides is 1. The minimum absolute atomic E-state index is 0.186. The zero-order valence-corrected chi connectivity index (χ0v) is 10.8. The fourth-order valence-electron chi connectivity index (χ4n) is 1.19. The summed E-state index contributed by atoms with van der Waals surface area (Å²) >= 11 is 6.80. The predicted octanol–water partition coefficient (Wildman–Crippen LogP) is 1.08. The van der Waals surface area contributed by atoms with Gasteiger partial charge < -0.3 is 10.1 Å². The number of carbonyl (C=O) groups is 1.